The molecule has 1 aliphatic rings. The maximum absolute atomic E-state index is 9.15. The summed E-state index contributed by atoms with van der Waals surface area (Å²) in [5.41, 5.74) is 2.48. The molecule has 0 amide bonds. The molecule has 28 heavy (non-hydrogen) atoms. The predicted molar refractivity (Wildman–Crippen MR) is 122 cm³/mol. The van der Waals surface area contributed by atoms with E-state index >= 15 is 0 Å². The Hall–Kier alpha value is -0.870. The summed E-state index contributed by atoms with van der Waals surface area (Å²) in [4.78, 5) is 0. The minimum absolute atomic E-state index is 0. The Labute approximate surface area is 178 Å². The number of rotatable bonds is 14. The van der Waals surface area contributed by atoms with Crippen molar-refractivity contribution in [1.82, 2.24) is 5.32 Å². The Morgan fingerprint density at radius 3 is 2.36 bits per heavy atom. The van der Waals surface area contributed by atoms with Crippen LogP contribution in [0, 0.1) is 0 Å². The number of nitrogens with one attached hydrogen (secondary N) is 1. The second-order valence-corrected chi connectivity index (χ2v) is 7.86. The molecule has 0 radical (unpaired) electrons. The van der Waals surface area contributed by atoms with Crippen molar-refractivity contribution in [3.05, 3.63) is 41.5 Å². The van der Waals surface area contributed by atoms with Gasteiger partial charge in [0.25, 0.3) is 0 Å². The molecule has 1 aliphatic heterocycles. The molecule has 1 aromatic carbocycles. The Balaban J connectivity index is 0.00000392. The normalized spacial score (nSPS) is 19.2. The lowest BCUT2D eigenvalue weighted by Crippen LogP contribution is -2.24. The summed E-state index contributed by atoms with van der Waals surface area (Å²) < 4.78 is 5.94. The van der Waals surface area contributed by atoms with Gasteiger partial charge in [0, 0.05) is 12.6 Å². The lowest BCUT2D eigenvalue weighted by atomic mass is 10.1. The van der Waals surface area contributed by atoms with Crippen LogP contribution in [-0.2, 0) is 11.3 Å². The standard InChI is InChI=1S/C24H39NO2.ClH/c1-2-3-4-5-6-7-8-9-10-11-12-21-13-15-22(16-14-21)20-27-24-17-23(19-26)25-18-24;/h11-16,23-26H,2-10,17-20H2,1H3;1H/b12-11+;/t23-,24+;/m1./s1. The number of hydrogen-bond donors (Lipinski definition) is 2. The van der Waals surface area contributed by atoms with Crippen LogP contribution in [0.2, 0.25) is 0 Å². The number of aliphatic hydroxyl groups excluding tert-OH is 1. The number of ether oxygens (including phenoxy) is 1. The number of benzene rings is 1. The molecule has 0 unspecified atom stereocenters. The highest BCUT2D eigenvalue weighted by molar-refractivity contribution is 5.85. The molecule has 3 nitrogen and oxygen atoms in total. The molecule has 160 valence electrons. The second-order valence-electron chi connectivity index (χ2n) is 7.86. The highest BCUT2D eigenvalue weighted by atomic mass is 35.5. The Bertz CT molecular complexity index is 518. The van der Waals surface area contributed by atoms with Gasteiger partial charge in [-0.05, 0) is 30.4 Å². The zero-order chi connectivity index (χ0) is 19.2. The van der Waals surface area contributed by atoms with Gasteiger partial charge in [-0.15, -0.1) is 12.4 Å². The van der Waals surface area contributed by atoms with Crippen molar-refractivity contribution in [3.63, 3.8) is 0 Å². The first-order valence-electron chi connectivity index (χ1n) is 11.0. The minimum Gasteiger partial charge on any atom is -0.395 e. The van der Waals surface area contributed by atoms with Gasteiger partial charge in [0.1, 0.15) is 0 Å². The summed E-state index contributed by atoms with van der Waals surface area (Å²) in [5, 5.41) is 12.4. The van der Waals surface area contributed by atoms with Crippen LogP contribution in [0.3, 0.4) is 0 Å². The maximum atomic E-state index is 9.15. The van der Waals surface area contributed by atoms with E-state index in [2.05, 4.69) is 48.7 Å². The van der Waals surface area contributed by atoms with E-state index in [0.717, 1.165) is 13.0 Å². The maximum Gasteiger partial charge on any atom is 0.0721 e. The molecule has 1 heterocycles. The van der Waals surface area contributed by atoms with Gasteiger partial charge in [-0.3, -0.25) is 0 Å². The van der Waals surface area contributed by atoms with Gasteiger partial charge in [0.05, 0.1) is 19.3 Å². The zero-order valence-corrected chi connectivity index (χ0v) is 18.4. The molecule has 1 aromatic rings. The highest BCUT2D eigenvalue weighted by Gasteiger charge is 2.23. The second kappa shape index (κ2) is 16.0. The van der Waals surface area contributed by atoms with Gasteiger partial charge >= 0.3 is 0 Å². The summed E-state index contributed by atoms with van der Waals surface area (Å²) in [5.74, 6) is 0. The average Bonchev–Trinajstić information content (AvgIpc) is 3.17. The van der Waals surface area contributed by atoms with E-state index in [0.29, 0.717) is 6.61 Å². The van der Waals surface area contributed by atoms with E-state index in [9.17, 15) is 0 Å². The first-order valence-corrected chi connectivity index (χ1v) is 11.0. The smallest absolute Gasteiger partial charge is 0.0721 e. The van der Waals surface area contributed by atoms with E-state index in [-0.39, 0.29) is 31.2 Å². The van der Waals surface area contributed by atoms with Gasteiger partial charge in [-0.2, -0.15) is 0 Å². The van der Waals surface area contributed by atoms with Crippen LogP contribution < -0.4 is 5.32 Å². The van der Waals surface area contributed by atoms with E-state index < -0.39 is 0 Å². The minimum atomic E-state index is 0. The van der Waals surface area contributed by atoms with Crippen molar-refractivity contribution < 1.29 is 9.84 Å². The molecule has 2 atom stereocenters. The molecular formula is C24H40ClNO2. The van der Waals surface area contributed by atoms with E-state index in [1.54, 1.807) is 0 Å². The van der Waals surface area contributed by atoms with Gasteiger partial charge < -0.3 is 15.2 Å². The highest BCUT2D eigenvalue weighted by Crippen LogP contribution is 2.14. The summed E-state index contributed by atoms with van der Waals surface area (Å²) in [6.45, 7) is 3.95. The molecule has 1 fully saturated rings. The first kappa shape index (κ1) is 25.2. The monoisotopic (exact) mass is 409 g/mol. The van der Waals surface area contributed by atoms with Crippen molar-refractivity contribution in [1.29, 1.82) is 0 Å². The van der Waals surface area contributed by atoms with E-state index in [1.165, 1.54) is 68.9 Å². The number of aliphatic hydroxyl groups is 1. The van der Waals surface area contributed by atoms with Crippen LogP contribution in [-0.4, -0.2) is 30.4 Å². The number of halogens is 1. The number of allylic oxidation sites excluding steroid dienone is 1. The van der Waals surface area contributed by atoms with Crippen molar-refractivity contribution in [2.75, 3.05) is 13.2 Å². The van der Waals surface area contributed by atoms with Gasteiger partial charge in [0.15, 0.2) is 0 Å². The topological polar surface area (TPSA) is 41.5 Å². The molecule has 0 aliphatic carbocycles. The van der Waals surface area contributed by atoms with Crippen LogP contribution in [0.25, 0.3) is 6.08 Å². The third kappa shape index (κ3) is 10.6. The molecule has 0 saturated carbocycles. The molecule has 0 aromatic heterocycles. The molecule has 1 saturated heterocycles. The van der Waals surface area contributed by atoms with Gasteiger partial charge in [0.2, 0.25) is 0 Å². The Morgan fingerprint density at radius 2 is 1.71 bits per heavy atom. The molecule has 2 N–H and O–H groups in total. The summed E-state index contributed by atoms with van der Waals surface area (Å²) in [6.07, 6.45) is 17.9. The summed E-state index contributed by atoms with van der Waals surface area (Å²) in [7, 11) is 0. The van der Waals surface area contributed by atoms with Crippen LogP contribution in [0.15, 0.2) is 30.3 Å². The summed E-state index contributed by atoms with van der Waals surface area (Å²) in [6, 6.07) is 8.85. The van der Waals surface area contributed by atoms with Gasteiger partial charge in [-0.25, -0.2) is 0 Å². The summed E-state index contributed by atoms with van der Waals surface area (Å²) >= 11 is 0. The van der Waals surface area contributed by atoms with Gasteiger partial charge in [-0.1, -0.05) is 88.3 Å². The van der Waals surface area contributed by atoms with E-state index in [1.807, 2.05) is 0 Å². The van der Waals surface area contributed by atoms with Crippen molar-refractivity contribution in [2.24, 2.45) is 0 Å². The molecule has 4 heteroatoms. The Morgan fingerprint density at radius 1 is 1.04 bits per heavy atom. The SMILES string of the molecule is CCCCCCCCCC/C=C/c1ccc(CO[C@@H]2CN[C@@H](CO)C2)cc1.Cl. The third-order valence-electron chi connectivity index (χ3n) is 5.40. The zero-order valence-electron chi connectivity index (χ0n) is 17.6. The molecule has 2 rings (SSSR count). The average molecular weight is 410 g/mol. The lowest BCUT2D eigenvalue weighted by Gasteiger charge is -2.11. The lowest BCUT2D eigenvalue weighted by molar-refractivity contribution is 0.0512. The fourth-order valence-corrected chi connectivity index (χ4v) is 3.60. The third-order valence-corrected chi connectivity index (χ3v) is 5.40. The van der Waals surface area contributed by atoms with Crippen LogP contribution in [0.4, 0.5) is 0 Å². The number of hydrogen-bond acceptors (Lipinski definition) is 3. The van der Waals surface area contributed by atoms with Crippen molar-refractivity contribution in [2.45, 2.75) is 89.9 Å². The quantitative estimate of drug-likeness (QED) is 0.376. The van der Waals surface area contributed by atoms with Crippen LogP contribution in [0.1, 0.15) is 82.3 Å². The number of unbranched alkanes of at least 4 members (excludes halogenated alkanes) is 8. The first-order chi connectivity index (χ1) is 13.3. The van der Waals surface area contributed by atoms with Crippen molar-refractivity contribution >= 4 is 18.5 Å². The predicted octanol–water partition coefficient (Wildman–Crippen LogP) is 5.89. The van der Waals surface area contributed by atoms with Crippen LogP contribution in [0.5, 0.6) is 0 Å². The molecule has 0 bridgehead atoms. The fourth-order valence-electron chi connectivity index (χ4n) is 3.60. The van der Waals surface area contributed by atoms with Crippen molar-refractivity contribution in [3.8, 4) is 0 Å². The molecule has 0 spiro atoms. The Kier molecular flexibility index (Phi) is 14.4. The fraction of sp³-hybridized carbons (Fsp3) is 0.667. The largest absolute Gasteiger partial charge is 0.395 e. The molecular weight excluding hydrogens is 370 g/mol. The van der Waals surface area contributed by atoms with Crippen LogP contribution >= 0.6 is 12.4 Å². The van der Waals surface area contributed by atoms with E-state index in [4.69, 9.17) is 9.84 Å².